The van der Waals surface area contributed by atoms with Crippen LogP contribution in [0.1, 0.15) is 5.56 Å². The van der Waals surface area contributed by atoms with Crippen LogP contribution in [0.3, 0.4) is 0 Å². The van der Waals surface area contributed by atoms with Crippen molar-refractivity contribution in [1.29, 1.82) is 5.26 Å². The molecule has 0 bridgehead atoms. The number of aliphatic carboxylic acids is 1. The Bertz CT molecular complexity index is 426. The lowest BCUT2D eigenvalue weighted by Crippen LogP contribution is -2.33. The second-order valence-electron chi connectivity index (χ2n) is 3.44. The number of rotatable bonds is 6. The van der Waals surface area contributed by atoms with Crippen LogP contribution in [0.15, 0.2) is 24.3 Å². The fraction of sp³-hybridized carbons (Fsp3) is 0.333. The standard InChI is InChI=1S/C12H14N2O3/c1-17-7-6-14(9-12(15)16)11-5-3-2-4-10(11)8-13/h2-5H,6-7,9H2,1H3,(H,15,16). The summed E-state index contributed by atoms with van der Waals surface area (Å²) in [4.78, 5) is 12.4. The maximum atomic E-state index is 10.8. The molecule has 1 rings (SSSR count). The van der Waals surface area contributed by atoms with E-state index in [9.17, 15) is 4.79 Å². The van der Waals surface area contributed by atoms with Crippen LogP contribution < -0.4 is 4.90 Å². The number of carbonyl (C=O) groups is 1. The molecule has 0 saturated heterocycles. The van der Waals surface area contributed by atoms with Crippen molar-refractivity contribution in [2.24, 2.45) is 0 Å². The Morgan fingerprint density at radius 3 is 2.82 bits per heavy atom. The second kappa shape index (κ2) is 6.51. The van der Waals surface area contributed by atoms with Crippen LogP contribution in [-0.4, -0.2) is 37.9 Å². The Hall–Kier alpha value is -2.06. The summed E-state index contributed by atoms with van der Waals surface area (Å²) >= 11 is 0. The number of ether oxygens (including phenoxy) is 1. The number of hydrogen-bond donors (Lipinski definition) is 1. The molecule has 0 aliphatic rings. The molecule has 0 aromatic heterocycles. The van der Waals surface area contributed by atoms with Gasteiger partial charge in [-0.3, -0.25) is 4.79 Å². The van der Waals surface area contributed by atoms with E-state index in [0.29, 0.717) is 24.4 Å². The fourth-order valence-corrected chi connectivity index (χ4v) is 1.49. The summed E-state index contributed by atoms with van der Waals surface area (Å²) in [7, 11) is 1.55. The molecule has 0 heterocycles. The Kier molecular flexibility index (Phi) is 4.98. The van der Waals surface area contributed by atoms with Gasteiger partial charge in [0.15, 0.2) is 0 Å². The van der Waals surface area contributed by atoms with Gasteiger partial charge in [-0.15, -0.1) is 0 Å². The van der Waals surface area contributed by atoms with E-state index in [1.54, 1.807) is 36.3 Å². The van der Waals surface area contributed by atoms with Crippen LogP contribution in [-0.2, 0) is 9.53 Å². The minimum atomic E-state index is -0.936. The average molecular weight is 234 g/mol. The highest BCUT2D eigenvalue weighted by molar-refractivity contribution is 5.75. The van der Waals surface area contributed by atoms with E-state index in [4.69, 9.17) is 15.1 Å². The van der Waals surface area contributed by atoms with Crippen LogP contribution in [0.25, 0.3) is 0 Å². The fourth-order valence-electron chi connectivity index (χ4n) is 1.49. The molecule has 5 heteroatoms. The SMILES string of the molecule is COCCN(CC(=O)O)c1ccccc1C#N. The molecule has 0 spiro atoms. The monoisotopic (exact) mass is 234 g/mol. The minimum absolute atomic E-state index is 0.151. The molecule has 0 fully saturated rings. The zero-order chi connectivity index (χ0) is 12.7. The Balaban J connectivity index is 2.95. The number of carboxylic acids is 1. The largest absolute Gasteiger partial charge is 0.480 e. The topological polar surface area (TPSA) is 73.6 Å². The van der Waals surface area contributed by atoms with Gasteiger partial charge in [0.1, 0.15) is 12.6 Å². The first-order chi connectivity index (χ1) is 8.19. The molecule has 17 heavy (non-hydrogen) atoms. The number of hydrogen-bond acceptors (Lipinski definition) is 4. The number of methoxy groups -OCH3 is 1. The van der Waals surface area contributed by atoms with Crippen LogP contribution in [0.2, 0.25) is 0 Å². The number of anilines is 1. The third-order valence-corrected chi connectivity index (χ3v) is 2.26. The molecule has 0 atom stereocenters. The molecule has 1 N–H and O–H groups in total. The van der Waals surface area contributed by atoms with Crippen LogP contribution in [0, 0.1) is 11.3 Å². The van der Waals surface area contributed by atoms with Crippen molar-refractivity contribution in [3.05, 3.63) is 29.8 Å². The molecule has 1 aromatic rings. The van der Waals surface area contributed by atoms with Gasteiger partial charge in [0.25, 0.3) is 0 Å². The first-order valence-electron chi connectivity index (χ1n) is 5.14. The highest BCUT2D eigenvalue weighted by Crippen LogP contribution is 2.18. The summed E-state index contributed by atoms with van der Waals surface area (Å²) in [5.41, 5.74) is 1.08. The van der Waals surface area contributed by atoms with Crippen LogP contribution in [0.5, 0.6) is 0 Å². The van der Waals surface area contributed by atoms with E-state index < -0.39 is 5.97 Å². The zero-order valence-electron chi connectivity index (χ0n) is 9.59. The third kappa shape index (κ3) is 3.78. The van der Waals surface area contributed by atoms with Crippen molar-refractivity contribution >= 4 is 11.7 Å². The summed E-state index contributed by atoms with van der Waals surface area (Å²) < 4.78 is 4.93. The van der Waals surface area contributed by atoms with Crippen molar-refractivity contribution in [2.75, 3.05) is 31.7 Å². The van der Waals surface area contributed by atoms with E-state index in [-0.39, 0.29) is 6.54 Å². The number of para-hydroxylation sites is 1. The predicted octanol–water partition coefficient (Wildman–Crippen LogP) is 1.10. The molecule has 90 valence electrons. The van der Waals surface area contributed by atoms with Crippen LogP contribution in [0.4, 0.5) is 5.69 Å². The molecule has 0 saturated carbocycles. The normalized spacial score (nSPS) is 9.65. The number of nitriles is 1. The van der Waals surface area contributed by atoms with E-state index in [1.165, 1.54) is 0 Å². The smallest absolute Gasteiger partial charge is 0.323 e. The van der Waals surface area contributed by atoms with E-state index in [1.807, 2.05) is 0 Å². The number of carboxylic acid groups (broad SMARTS) is 1. The highest BCUT2D eigenvalue weighted by Gasteiger charge is 2.13. The first-order valence-corrected chi connectivity index (χ1v) is 5.14. The van der Waals surface area contributed by atoms with Crippen molar-refractivity contribution in [3.63, 3.8) is 0 Å². The summed E-state index contributed by atoms with van der Waals surface area (Å²) in [5.74, 6) is -0.936. The maximum absolute atomic E-state index is 10.8. The van der Waals surface area contributed by atoms with Gasteiger partial charge in [-0.05, 0) is 12.1 Å². The Morgan fingerprint density at radius 2 is 2.24 bits per heavy atom. The van der Waals surface area contributed by atoms with Gasteiger partial charge in [0.05, 0.1) is 17.9 Å². The van der Waals surface area contributed by atoms with Crippen LogP contribution >= 0.6 is 0 Å². The van der Waals surface area contributed by atoms with Crippen molar-refractivity contribution in [1.82, 2.24) is 0 Å². The number of benzene rings is 1. The molecule has 5 nitrogen and oxygen atoms in total. The lowest BCUT2D eigenvalue weighted by atomic mass is 10.1. The molecular weight excluding hydrogens is 220 g/mol. The van der Waals surface area contributed by atoms with Gasteiger partial charge >= 0.3 is 5.97 Å². The summed E-state index contributed by atoms with van der Waals surface area (Å²) in [6.45, 7) is 0.691. The summed E-state index contributed by atoms with van der Waals surface area (Å²) in [6.07, 6.45) is 0. The maximum Gasteiger partial charge on any atom is 0.323 e. The molecule has 0 aliphatic heterocycles. The van der Waals surface area contributed by atoms with Gasteiger partial charge in [-0.1, -0.05) is 12.1 Å². The van der Waals surface area contributed by atoms with Gasteiger partial charge in [0.2, 0.25) is 0 Å². The Labute approximate surface area is 99.8 Å². The first kappa shape index (κ1) is 13.0. The van der Waals surface area contributed by atoms with Crippen molar-refractivity contribution < 1.29 is 14.6 Å². The van der Waals surface area contributed by atoms with E-state index in [0.717, 1.165) is 0 Å². The molecular formula is C12H14N2O3. The lowest BCUT2D eigenvalue weighted by molar-refractivity contribution is -0.135. The lowest BCUT2D eigenvalue weighted by Gasteiger charge is -2.23. The molecule has 0 amide bonds. The summed E-state index contributed by atoms with van der Waals surface area (Å²) in [5, 5.41) is 17.8. The van der Waals surface area contributed by atoms with Crippen molar-refractivity contribution in [3.8, 4) is 6.07 Å². The third-order valence-electron chi connectivity index (χ3n) is 2.26. The van der Waals surface area contributed by atoms with Gasteiger partial charge in [-0.2, -0.15) is 5.26 Å². The average Bonchev–Trinajstić information content (AvgIpc) is 2.34. The molecule has 0 unspecified atom stereocenters. The van der Waals surface area contributed by atoms with Crippen molar-refractivity contribution in [2.45, 2.75) is 0 Å². The Morgan fingerprint density at radius 1 is 1.53 bits per heavy atom. The molecule has 0 aliphatic carbocycles. The van der Waals surface area contributed by atoms with Gasteiger partial charge in [0, 0.05) is 13.7 Å². The molecule has 0 radical (unpaired) electrons. The zero-order valence-corrected chi connectivity index (χ0v) is 9.59. The van der Waals surface area contributed by atoms with Gasteiger partial charge < -0.3 is 14.7 Å². The highest BCUT2D eigenvalue weighted by atomic mass is 16.5. The van der Waals surface area contributed by atoms with Gasteiger partial charge in [-0.25, -0.2) is 0 Å². The quantitative estimate of drug-likeness (QED) is 0.797. The van der Waals surface area contributed by atoms with E-state index in [2.05, 4.69) is 6.07 Å². The van der Waals surface area contributed by atoms with E-state index >= 15 is 0 Å². The molecule has 1 aromatic carbocycles. The minimum Gasteiger partial charge on any atom is -0.480 e. The second-order valence-corrected chi connectivity index (χ2v) is 3.44. The number of nitrogens with zero attached hydrogens (tertiary/aromatic N) is 2. The predicted molar refractivity (Wildman–Crippen MR) is 62.9 cm³/mol. The summed E-state index contributed by atoms with van der Waals surface area (Å²) in [6, 6.07) is 8.97.